The van der Waals surface area contributed by atoms with Gasteiger partial charge in [-0.05, 0) is 55.3 Å². The van der Waals surface area contributed by atoms with Crippen molar-refractivity contribution < 1.29 is 9.13 Å². The Morgan fingerprint density at radius 3 is 2.26 bits per heavy atom. The lowest BCUT2D eigenvalue weighted by atomic mass is 10.1. The van der Waals surface area contributed by atoms with Gasteiger partial charge < -0.3 is 10.1 Å². The summed E-state index contributed by atoms with van der Waals surface area (Å²) in [5, 5.41) is 3.35. The predicted octanol–water partition coefficient (Wildman–Crippen LogP) is 3.88. The van der Waals surface area contributed by atoms with Gasteiger partial charge in [0.1, 0.15) is 11.6 Å². The number of nitrogens with one attached hydrogen (secondary N) is 1. The summed E-state index contributed by atoms with van der Waals surface area (Å²) in [6, 6.07) is 14.7. The molecule has 0 bridgehead atoms. The van der Waals surface area contributed by atoms with Crippen LogP contribution >= 0.6 is 0 Å². The molecule has 2 rings (SSSR count). The molecule has 2 nitrogen and oxygen atoms in total. The number of hydrogen-bond donors (Lipinski definition) is 1. The van der Waals surface area contributed by atoms with E-state index in [0.717, 1.165) is 17.9 Å². The largest absolute Gasteiger partial charge is 0.497 e. The highest BCUT2D eigenvalue weighted by atomic mass is 19.1. The zero-order chi connectivity index (χ0) is 13.7. The number of anilines is 1. The number of halogens is 1. The number of rotatable bonds is 5. The number of ether oxygens (including phenoxy) is 1. The molecule has 0 aliphatic rings. The second-order valence-corrected chi connectivity index (χ2v) is 4.60. The molecular weight excluding hydrogens is 241 g/mol. The topological polar surface area (TPSA) is 21.3 Å². The molecule has 2 aromatic rings. The Balaban J connectivity index is 1.92. The third-order valence-corrected chi connectivity index (χ3v) is 2.96. The summed E-state index contributed by atoms with van der Waals surface area (Å²) < 4.78 is 17.9. The van der Waals surface area contributed by atoms with Gasteiger partial charge in [-0.25, -0.2) is 4.39 Å². The third-order valence-electron chi connectivity index (χ3n) is 2.96. The van der Waals surface area contributed by atoms with Crippen molar-refractivity contribution in [3.63, 3.8) is 0 Å². The Morgan fingerprint density at radius 2 is 1.68 bits per heavy atom. The van der Waals surface area contributed by atoms with Gasteiger partial charge in [0, 0.05) is 11.7 Å². The maximum atomic E-state index is 12.8. The van der Waals surface area contributed by atoms with Gasteiger partial charge in [-0.2, -0.15) is 0 Å². The molecule has 0 saturated carbocycles. The van der Waals surface area contributed by atoms with Crippen LogP contribution in [0.2, 0.25) is 0 Å². The van der Waals surface area contributed by atoms with Gasteiger partial charge in [0.2, 0.25) is 0 Å². The van der Waals surface area contributed by atoms with Crippen LogP contribution < -0.4 is 10.1 Å². The van der Waals surface area contributed by atoms with Crippen LogP contribution in [0.25, 0.3) is 0 Å². The SMILES string of the molecule is COc1ccc(CC(C)Nc2ccc(F)cc2)cc1. The van der Waals surface area contributed by atoms with E-state index in [1.54, 1.807) is 19.2 Å². The Labute approximate surface area is 113 Å². The fourth-order valence-electron chi connectivity index (χ4n) is 2.00. The molecule has 2 aromatic carbocycles. The molecule has 19 heavy (non-hydrogen) atoms. The van der Waals surface area contributed by atoms with E-state index in [2.05, 4.69) is 24.4 Å². The average Bonchev–Trinajstić information content (AvgIpc) is 2.42. The first-order valence-corrected chi connectivity index (χ1v) is 6.32. The lowest BCUT2D eigenvalue weighted by Crippen LogP contribution is -2.17. The summed E-state index contributed by atoms with van der Waals surface area (Å²) >= 11 is 0. The van der Waals surface area contributed by atoms with Gasteiger partial charge in [-0.1, -0.05) is 12.1 Å². The monoisotopic (exact) mass is 259 g/mol. The van der Waals surface area contributed by atoms with Crippen LogP contribution in [0.5, 0.6) is 5.75 Å². The number of methoxy groups -OCH3 is 1. The summed E-state index contributed by atoms with van der Waals surface area (Å²) in [6.45, 7) is 2.10. The fraction of sp³-hybridized carbons (Fsp3) is 0.250. The standard InChI is InChI=1S/C16H18FNO/c1-12(18-15-7-5-14(17)6-8-15)11-13-3-9-16(19-2)10-4-13/h3-10,12,18H,11H2,1-2H3. The Morgan fingerprint density at radius 1 is 1.05 bits per heavy atom. The van der Waals surface area contributed by atoms with Crippen molar-refractivity contribution in [3.8, 4) is 5.75 Å². The molecule has 1 unspecified atom stereocenters. The normalized spacial score (nSPS) is 11.9. The van der Waals surface area contributed by atoms with Crippen LogP contribution in [0.15, 0.2) is 48.5 Å². The van der Waals surface area contributed by atoms with Gasteiger partial charge in [0.05, 0.1) is 7.11 Å². The molecule has 0 spiro atoms. The maximum absolute atomic E-state index is 12.8. The van der Waals surface area contributed by atoms with Crippen LogP contribution in [0, 0.1) is 5.82 Å². The lowest BCUT2D eigenvalue weighted by molar-refractivity contribution is 0.414. The first kappa shape index (κ1) is 13.4. The molecule has 0 aliphatic heterocycles. The van der Waals surface area contributed by atoms with E-state index in [4.69, 9.17) is 4.74 Å². The number of benzene rings is 2. The molecule has 3 heteroatoms. The highest BCUT2D eigenvalue weighted by Crippen LogP contribution is 2.15. The summed E-state index contributed by atoms with van der Waals surface area (Å²) in [6.07, 6.45) is 0.904. The second-order valence-electron chi connectivity index (χ2n) is 4.60. The number of hydrogen-bond acceptors (Lipinski definition) is 2. The Bertz CT molecular complexity index is 507. The Hall–Kier alpha value is -2.03. The van der Waals surface area contributed by atoms with Crippen LogP contribution in [-0.2, 0) is 6.42 Å². The van der Waals surface area contributed by atoms with E-state index >= 15 is 0 Å². The summed E-state index contributed by atoms with van der Waals surface area (Å²) in [5.74, 6) is 0.649. The smallest absolute Gasteiger partial charge is 0.123 e. The zero-order valence-electron chi connectivity index (χ0n) is 11.2. The van der Waals surface area contributed by atoms with Crippen molar-refractivity contribution in [2.45, 2.75) is 19.4 Å². The van der Waals surface area contributed by atoms with Crippen molar-refractivity contribution in [2.75, 3.05) is 12.4 Å². The quantitative estimate of drug-likeness (QED) is 0.880. The molecule has 0 heterocycles. The van der Waals surface area contributed by atoms with Crippen molar-refractivity contribution in [1.29, 1.82) is 0 Å². The van der Waals surface area contributed by atoms with Crippen LogP contribution in [0.1, 0.15) is 12.5 Å². The van der Waals surface area contributed by atoms with Gasteiger partial charge in [0.25, 0.3) is 0 Å². The fourth-order valence-corrected chi connectivity index (χ4v) is 2.00. The zero-order valence-corrected chi connectivity index (χ0v) is 11.2. The van der Waals surface area contributed by atoms with Gasteiger partial charge >= 0.3 is 0 Å². The summed E-state index contributed by atoms with van der Waals surface area (Å²) in [7, 11) is 1.66. The summed E-state index contributed by atoms with van der Waals surface area (Å²) in [4.78, 5) is 0. The average molecular weight is 259 g/mol. The van der Waals surface area contributed by atoms with Gasteiger partial charge in [0.15, 0.2) is 0 Å². The maximum Gasteiger partial charge on any atom is 0.123 e. The Kier molecular flexibility index (Phi) is 4.39. The van der Waals surface area contributed by atoms with Crippen LogP contribution in [0.3, 0.4) is 0 Å². The van der Waals surface area contributed by atoms with Gasteiger partial charge in [-0.3, -0.25) is 0 Å². The molecule has 0 fully saturated rings. The van der Waals surface area contributed by atoms with Crippen LogP contribution in [0.4, 0.5) is 10.1 Å². The van der Waals surface area contributed by atoms with Crippen molar-refractivity contribution >= 4 is 5.69 Å². The molecule has 0 amide bonds. The van der Waals surface area contributed by atoms with E-state index in [-0.39, 0.29) is 11.9 Å². The lowest BCUT2D eigenvalue weighted by Gasteiger charge is -2.15. The molecular formula is C16H18FNO. The van der Waals surface area contributed by atoms with E-state index in [0.29, 0.717) is 0 Å². The molecule has 0 saturated heterocycles. The first-order valence-electron chi connectivity index (χ1n) is 6.32. The van der Waals surface area contributed by atoms with Crippen LogP contribution in [-0.4, -0.2) is 13.2 Å². The first-order chi connectivity index (χ1) is 9.17. The molecule has 0 aliphatic carbocycles. The van der Waals surface area contributed by atoms with E-state index in [1.807, 2.05) is 12.1 Å². The van der Waals surface area contributed by atoms with E-state index in [9.17, 15) is 4.39 Å². The molecule has 1 N–H and O–H groups in total. The highest BCUT2D eigenvalue weighted by molar-refractivity contribution is 5.44. The van der Waals surface area contributed by atoms with Crippen molar-refractivity contribution in [3.05, 3.63) is 59.9 Å². The molecule has 0 aromatic heterocycles. The summed E-state index contributed by atoms with van der Waals surface area (Å²) in [5.41, 5.74) is 2.17. The minimum absolute atomic E-state index is 0.214. The van der Waals surface area contributed by atoms with Crippen molar-refractivity contribution in [1.82, 2.24) is 0 Å². The molecule has 0 radical (unpaired) electrons. The second kappa shape index (κ2) is 6.23. The van der Waals surface area contributed by atoms with E-state index < -0.39 is 0 Å². The third kappa shape index (κ3) is 3.98. The molecule has 1 atom stereocenters. The van der Waals surface area contributed by atoms with Gasteiger partial charge in [-0.15, -0.1) is 0 Å². The van der Waals surface area contributed by atoms with Crippen molar-refractivity contribution in [2.24, 2.45) is 0 Å². The minimum Gasteiger partial charge on any atom is -0.497 e. The molecule has 100 valence electrons. The predicted molar refractivity (Wildman–Crippen MR) is 76.2 cm³/mol. The van der Waals surface area contributed by atoms with E-state index in [1.165, 1.54) is 17.7 Å². The highest BCUT2D eigenvalue weighted by Gasteiger charge is 2.04. The minimum atomic E-state index is -0.214.